The van der Waals surface area contributed by atoms with Crippen LogP contribution in [-0.4, -0.2) is 36.3 Å². The van der Waals surface area contributed by atoms with Gasteiger partial charge < -0.3 is 15.0 Å². The van der Waals surface area contributed by atoms with Crippen LogP contribution < -0.4 is 15.0 Å². The molecule has 1 N–H and O–H groups in total. The summed E-state index contributed by atoms with van der Waals surface area (Å²) in [6.45, 7) is 3.46. The molecule has 1 amide bonds. The molecule has 0 saturated carbocycles. The number of rotatable bonds is 5. The number of carbonyl (C=O) groups is 1. The fraction of sp³-hybridized carbons (Fsp3) is 0.292. The largest absolute Gasteiger partial charge is 0.496 e. The summed E-state index contributed by atoms with van der Waals surface area (Å²) >= 11 is 6.16. The van der Waals surface area contributed by atoms with Gasteiger partial charge in [0.05, 0.1) is 12.8 Å². The maximum atomic E-state index is 12.7. The van der Waals surface area contributed by atoms with E-state index in [1.165, 1.54) is 0 Å². The van der Waals surface area contributed by atoms with E-state index in [0.29, 0.717) is 5.02 Å². The Morgan fingerprint density at radius 2 is 1.87 bits per heavy atom. The van der Waals surface area contributed by atoms with Gasteiger partial charge in [-0.1, -0.05) is 29.8 Å². The second kappa shape index (κ2) is 9.35. The van der Waals surface area contributed by atoms with Crippen molar-refractivity contribution in [2.75, 3.05) is 30.4 Å². The molecule has 31 heavy (non-hydrogen) atoms. The Kier molecular flexibility index (Phi) is 6.37. The van der Waals surface area contributed by atoms with Crippen LogP contribution in [0.15, 0.2) is 54.6 Å². The molecule has 4 rings (SSSR count). The number of aryl methyl sites for hydroxylation is 1. The Labute approximate surface area is 187 Å². The molecule has 0 atom stereocenters. The number of benzene rings is 2. The van der Waals surface area contributed by atoms with Crippen LogP contribution in [-0.2, 0) is 4.79 Å². The predicted octanol–water partition coefficient (Wildman–Crippen LogP) is 4.97. The van der Waals surface area contributed by atoms with Crippen molar-refractivity contribution in [3.8, 4) is 17.0 Å². The first-order valence-corrected chi connectivity index (χ1v) is 10.7. The number of nitrogens with zero attached hydrogens (tertiary/aromatic N) is 3. The monoisotopic (exact) mass is 436 g/mol. The van der Waals surface area contributed by atoms with Gasteiger partial charge >= 0.3 is 0 Å². The third-order valence-corrected chi connectivity index (χ3v) is 6.07. The fourth-order valence-electron chi connectivity index (χ4n) is 3.78. The number of aromatic nitrogens is 2. The summed E-state index contributed by atoms with van der Waals surface area (Å²) in [5, 5.41) is 12.5. The minimum absolute atomic E-state index is 0.0304. The highest BCUT2D eigenvalue weighted by Crippen LogP contribution is 2.29. The van der Waals surface area contributed by atoms with Crippen LogP contribution >= 0.6 is 11.6 Å². The summed E-state index contributed by atoms with van der Waals surface area (Å²) in [5.74, 6) is 1.60. The first kappa shape index (κ1) is 21.1. The molecule has 0 aliphatic carbocycles. The zero-order valence-corrected chi connectivity index (χ0v) is 18.4. The van der Waals surface area contributed by atoms with Gasteiger partial charge in [-0.25, -0.2) is 0 Å². The molecule has 1 aliphatic rings. The van der Waals surface area contributed by atoms with Gasteiger partial charge in [-0.2, -0.15) is 0 Å². The molecule has 3 aromatic rings. The van der Waals surface area contributed by atoms with Crippen molar-refractivity contribution in [1.29, 1.82) is 0 Å². The third-order valence-electron chi connectivity index (χ3n) is 5.66. The molecule has 1 aliphatic heterocycles. The van der Waals surface area contributed by atoms with Crippen molar-refractivity contribution in [3.63, 3.8) is 0 Å². The summed E-state index contributed by atoms with van der Waals surface area (Å²) in [5.41, 5.74) is 3.41. The van der Waals surface area contributed by atoms with Crippen molar-refractivity contribution >= 4 is 29.0 Å². The molecule has 6 nitrogen and oxygen atoms in total. The van der Waals surface area contributed by atoms with E-state index in [0.717, 1.165) is 60.0 Å². The van der Waals surface area contributed by atoms with E-state index in [1.807, 2.05) is 55.5 Å². The van der Waals surface area contributed by atoms with E-state index in [9.17, 15) is 4.79 Å². The molecule has 2 heterocycles. The third kappa shape index (κ3) is 4.80. The number of carbonyl (C=O) groups excluding carboxylic acids is 1. The summed E-state index contributed by atoms with van der Waals surface area (Å²) in [7, 11) is 1.65. The number of anilines is 2. The van der Waals surface area contributed by atoms with Crippen LogP contribution in [0.25, 0.3) is 11.3 Å². The van der Waals surface area contributed by atoms with Crippen LogP contribution in [0.4, 0.5) is 11.5 Å². The number of hydrogen-bond acceptors (Lipinski definition) is 5. The lowest BCUT2D eigenvalue weighted by atomic mass is 9.95. The van der Waals surface area contributed by atoms with Crippen molar-refractivity contribution < 1.29 is 9.53 Å². The average Bonchev–Trinajstić information content (AvgIpc) is 2.81. The van der Waals surface area contributed by atoms with E-state index in [2.05, 4.69) is 20.4 Å². The Balaban J connectivity index is 1.36. The van der Waals surface area contributed by atoms with Crippen LogP contribution in [0.3, 0.4) is 0 Å². The van der Waals surface area contributed by atoms with Gasteiger partial charge in [0.2, 0.25) is 5.91 Å². The van der Waals surface area contributed by atoms with E-state index in [-0.39, 0.29) is 11.8 Å². The van der Waals surface area contributed by atoms with Gasteiger partial charge in [-0.15, -0.1) is 10.2 Å². The number of ether oxygens (including phenoxy) is 1. The van der Waals surface area contributed by atoms with Crippen molar-refractivity contribution in [3.05, 3.63) is 65.2 Å². The van der Waals surface area contributed by atoms with Gasteiger partial charge in [-0.05, 0) is 61.7 Å². The molecule has 1 fully saturated rings. The first-order valence-electron chi connectivity index (χ1n) is 10.3. The molecule has 0 unspecified atom stereocenters. The lowest BCUT2D eigenvalue weighted by molar-refractivity contribution is -0.120. The molecule has 160 valence electrons. The topological polar surface area (TPSA) is 67.3 Å². The molecule has 0 bridgehead atoms. The Morgan fingerprint density at radius 3 is 2.55 bits per heavy atom. The average molecular weight is 437 g/mol. The van der Waals surface area contributed by atoms with E-state index >= 15 is 0 Å². The maximum absolute atomic E-state index is 12.7. The zero-order valence-electron chi connectivity index (χ0n) is 17.6. The zero-order chi connectivity index (χ0) is 21.8. The number of amides is 1. The van der Waals surface area contributed by atoms with Crippen LogP contribution in [0.1, 0.15) is 18.4 Å². The lowest BCUT2D eigenvalue weighted by Crippen LogP contribution is -2.38. The lowest BCUT2D eigenvalue weighted by Gasteiger charge is -2.31. The minimum Gasteiger partial charge on any atom is -0.496 e. The Bertz CT molecular complexity index is 1060. The highest BCUT2D eigenvalue weighted by molar-refractivity contribution is 6.31. The molecular weight excluding hydrogens is 412 g/mol. The summed E-state index contributed by atoms with van der Waals surface area (Å²) in [6.07, 6.45) is 1.53. The number of piperidine rings is 1. The number of para-hydroxylation sites is 1. The molecule has 2 aromatic carbocycles. The molecule has 0 radical (unpaired) electrons. The van der Waals surface area contributed by atoms with Gasteiger partial charge in [0.25, 0.3) is 0 Å². The van der Waals surface area contributed by atoms with Crippen LogP contribution in [0.2, 0.25) is 5.02 Å². The van der Waals surface area contributed by atoms with Crippen molar-refractivity contribution in [2.45, 2.75) is 19.8 Å². The first-order chi connectivity index (χ1) is 15.0. The SMILES string of the molecule is COc1ccccc1-c1ccc(N2CCC(C(=O)Nc3ccc(C)c(Cl)c3)CC2)nn1. The summed E-state index contributed by atoms with van der Waals surface area (Å²) in [6, 6.07) is 17.3. The standard InChI is InChI=1S/C24H25ClN4O2/c1-16-7-8-18(15-20(16)25)26-24(30)17-11-13-29(14-12-17)23-10-9-21(27-28-23)19-5-3-4-6-22(19)31-2/h3-10,15,17H,11-14H2,1-2H3,(H,26,30). The molecule has 1 saturated heterocycles. The number of halogens is 1. The second-order valence-electron chi connectivity index (χ2n) is 7.69. The second-order valence-corrected chi connectivity index (χ2v) is 8.10. The summed E-state index contributed by atoms with van der Waals surface area (Å²) in [4.78, 5) is 14.8. The molecule has 7 heteroatoms. The van der Waals surface area contributed by atoms with Crippen molar-refractivity contribution in [1.82, 2.24) is 10.2 Å². The quantitative estimate of drug-likeness (QED) is 0.611. The normalized spacial score (nSPS) is 14.4. The Morgan fingerprint density at radius 1 is 1.10 bits per heavy atom. The van der Waals surface area contributed by atoms with E-state index < -0.39 is 0 Å². The summed E-state index contributed by atoms with van der Waals surface area (Å²) < 4.78 is 5.41. The number of methoxy groups -OCH3 is 1. The van der Waals surface area contributed by atoms with Gasteiger partial charge in [0.15, 0.2) is 5.82 Å². The predicted molar refractivity (Wildman–Crippen MR) is 124 cm³/mol. The highest BCUT2D eigenvalue weighted by atomic mass is 35.5. The molecule has 1 aromatic heterocycles. The fourth-order valence-corrected chi connectivity index (χ4v) is 3.96. The van der Waals surface area contributed by atoms with Gasteiger partial charge in [-0.3, -0.25) is 4.79 Å². The maximum Gasteiger partial charge on any atom is 0.227 e. The van der Waals surface area contributed by atoms with Gasteiger partial charge in [0.1, 0.15) is 5.75 Å². The van der Waals surface area contributed by atoms with Gasteiger partial charge in [0, 0.05) is 35.3 Å². The van der Waals surface area contributed by atoms with Crippen LogP contribution in [0.5, 0.6) is 5.75 Å². The van der Waals surface area contributed by atoms with Crippen molar-refractivity contribution in [2.24, 2.45) is 5.92 Å². The smallest absolute Gasteiger partial charge is 0.227 e. The number of nitrogens with one attached hydrogen (secondary N) is 1. The highest BCUT2D eigenvalue weighted by Gasteiger charge is 2.26. The van der Waals surface area contributed by atoms with E-state index in [4.69, 9.17) is 16.3 Å². The molecular formula is C24H25ClN4O2. The number of hydrogen-bond donors (Lipinski definition) is 1. The van der Waals surface area contributed by atoms with E-state index in [1.54, 1.807) is 13.2 Å². The van der Waals surface area contributed by atoms with Crippen LogP contribution in [0, 0.1) is 12.8 Å². The minimum atomic E-state index is -0.0304. The Hall–Kier alpha value is -3.12. The molecule has 0 spiro atoms.